The zero-order valence-electron chi connectivity index (χ0n) is 11.7. The van der Waals surface area contributed by atoms with E-state index in [-0.39, 0.29) is 18.3 Å². The summed E-state index contributed by atoms with van der Waals surface area (Å²) in [5.41, 5.74) is 4.40. The van der Waals surface area contributed by atoms with E-state index < -0.39 is 0 Å². The molecule has 2 aromatic rings. The molecule has 3 nitrogen and oxygen atoms in total. The minimum absolute atomic E-state index is 0. The predicted octanol–water partition coefficient (Wildman–Crippen LogP) is 3.09. The van der Waals surface area contributed by atoms with Crippen LogP contribution in [0.15, 0.2) is 42.7 Å². The van der Waals surface area contributed by atoms with Crippen LogP contribution in [0.1, 0.15) is 27.0 Å². The van der Waals surface area contributed by atoms with Crippen LogP contribution in [-0.2, 0) is 6.42 Å². The molecule has 0 aliphatic rings. The number of carbonyl (C=O) groups excluding carboxylic acids is 1. The summed E-state index contributed by atoms with van der Waals surface area (Å²) in [6, 6.07) is 9.92. The number of halogens is 1. The fourth-order valence-electron chi connectivity index (χ4n) is 1.98. The summed E-state index contributed by atoms with van der Waals surface area (Å²) < 4.78 is 0. The van der Waals surface area contributed by atoms with Crippen LogP contribution in [0, 0.1) is 13.8 Å². The summed E-state index contributed by atoms with van der Waals surface area (Å²) >= 11 is 0. The Labute approximate surface area is 125 Å². The average Bonchev–Trinajstić information content (AvgIpc) is 2.43. The molecule has 1 N–H and O–H groups in total. The third-order valence-electron chi connectivity index (χ3n) is 3.11. The molecule has 0 radical (unpaired) electrons. The highest BCUT2D eigenvalue weighted by atomic mass is 35.5. The third-order valence-corrected chi connectivity index (χ3v) is 3.11. The first-order chi connectivity index (χ1) is 9.16. The molecule has 0 aliphatic heterocycles. The first-order valence-electron chi connectivity index (χ1n) is 6.41. The van der Waals surface area contributed by atoms with Crippen LogP contribution in [0.5, 0.6) is 0 Å². The van der Waals surface area contributed by atoms with Crippen molar-refractivity contribution in [3.05, 3.63) is 65.0 Å². The molecule has 1 amide bonds. The summed E-state index contributed by atoms with van der Waals surface area (Å²) in [4.78, 5) is 15.8. The van der Waals surface area contributed by atoms with Gasteiger partial charge in [-0.2, -0.15) is 0 Å². The SMILES string of the molecule is Cc1ccc(C)c(CCNC(=O)c2cccnc2)c1.Cl. The Morgan fingerprint density at radius 2 is 2.05 bits per heavy atom. The molecule has 0 saturated carbocycles. The Bertz CT molecular complexity index is 570. The first-order valence-corrected chi connectivity index (χ1v) is 6.41. The topological polar surface area (TPSA) is 42.0 Å². The highest BCUT2D eigenvalue weighted by molar-refractivity contribution is 5.93. The van der Waals surface area contributed by atoms with Crippen LogP contribution in [0.3, 0.4) is 0 Å². The quantitative estimate of drug-likeness (QED) is 0.940. The minimum atomic E-state index is -0.0709. The average molecular weight is 291 g/mol. The molecule has 0 fully saturated rings. The number of aromatic nitrogens is 1. The molecule has 0 unspecified atom stereocenters. The van der Waals surface area contributed by atoms with Gasteiger partial charge in [0.25, 0.3) is 5.91 Å². The molecule has 0 bridgehead atoms. The number of amides is 1. The zero-order valence-corrected chi connectivity index (χ0v) is 12.5. The number of nitrogens with zero attached hydrogens (tertiary/aromatic N) is 1. The summed E-state index contributed by atoms with van der Waals surface area (Å²) in [7, 11) is 0. The highest BCUT2D eigenvalue weighted by Crippen LogP contribution is 2.10. The number of rotatable bonds is 4. The number of carbonyl (C=O) groups is 1. The normalized spacial score (nSPS) is 9.70. The smallest absolute Gasteiger partial charge is 0.252 e. The largest absolute Gasteiger partial charge is 0.352 e. The highest BCUT2D eigenvalue weighted by Gasteiger charge is 2.05. The summed E-state index contributed by atoms with van der Waals surface area (Å²) in [6.07, 6.45) is 4.08. The summed E-state index contributed by atoms with van der Waals surface area (Å²) in [6.45, 7) is 4.81. The fourth-order valence-corrected chi connectivity index (χ4v) is 1.98. The summed E-state index contributed by atoms with van der Waals surface area (Å²) in [5.74, 6) is -0.0709. The van der Waals surface area contributed by atoms with Crippen molar-refractivity contribution in [3.63, 3.8) is 0 Å². The number of hydrogen-bond donors (Lipinski definition) is 1. The van der Waals surface area contributed by atoms with Crippen molar-refractivity contribution in [2.24, 2.45) is 0 Å². The lowest BCUT2D eigenvalue weighted by Crippen LogP contribution is -2.25. The Morgan fingerprint density at radius 3 is 2.75 bits per heavy atom. The maximum atomic E-state index is 11.8. The number of pyridine rings is 1. The van der Waals surface area contributed by atoms with Crippen molar-refractivity contribution in [2.75, 3.05) is 6.54 Å². The third kappa shape index (κ3) is 4.35. The van der Waals surface area contributed by atoms with Gasteiger partial charge in [-0.3, -0.25) is 9.78 Å². The fraction of sp³-hybridized carbons (Fsp3) is 0.250. The van der Waals surface area contributed by atoms with Crippen molar-refractivity contribution >= 4 is 18.3 Å². The molecule has 0 atom stereocenters. The second-order valence-corrected chi connectivity index (χ2v) is 4.68. The number of aryl methyl sites for hydroxylation is 2. The number of nitrogens with one attached hydrogen (secondary N) is 1. The lowest BCUT2D eigenvalue weighted by molar-refractivity contribution is 0.0954. The molecule has 106 valence electrons. The maximum Gasteiger partial charge on any atom is 0.252 e. The van der Waals surface area contributed by atoms with Gasteiger partial charge in [0.1, 0.15) is 0 Å². The Kier molecular flexibility index (Phi) is 6.19. The van der Waals surface area contributed by atoms with E-state index in [2.05, 4.69) is 42.3 Å². The van der Waals surface area contributed by atoms with Crippen LogP contribution >= 0.6 is 12.4 Å². The lowest BCUT2D eigenvalue weighted by atomic mass is 10.0. The van der Waals surface area contributed by atoms with Crippen molar-refractivity contribution in [3.8, 4) is 0 Å². The van der Waals surface area contributed by atoms with Crippen molar-refractivity contribution in [2.45, 2.75) is 20.3 Å². The molecule has 2 rings (SSSR count). The molecule has 1 aromatic heterocycles. The van der Waals surface area contributed by atoms with E-state index in [0.29, 0.717) is 12.1 Å². The van der Waals surface area contributed by atoms with E-state index in [0.717, 1.165) is 6.42 Å². The molecule has 0 aliphatic carbocycles. The van der Waals surface area contributed by atoms with Gasteiger partial charge < -0.3 is 5.32 Å². The van der Waals surface area contributed by atoms with Crippen LogP contribution in [0.2, 0.25) is 0 Å². The van der Waals surface area contributed by atoms with Crippen LogP contribution in [-0.4, -0.2) is 17.4 Å². The molecule has 4 heteroatoms. The monoisotopic (exact) mass is 290 g/mol. The van der Waals surface area contributed by atoms with Gasteiger partial charge in [0.2, 0.25) is 0 Å². The molecular weight excluding hydrogens is 272 g/mol. The van der Waals surface area contributed by atoms with Crippen LogP contribution in [0.25, 0.3) is 0 Å². The molecule has 0 saturated heterocycles. The van der Waals surface area contributed by atoms with Crippen LogP contribution < -0.4 is 5.32 Å². The van der Waals surface area contributed by atoms with Gasteiger partial charge in [0.15, 0.2) is 0 Å². The summed E-state index contributed by atoms with van der Waals surface area (Å²) in [5, 5.41) is 2.92. The predicted molar refractivity (Wildman–Crippen MR) is 83.4 cm³/mol. The second-order valence-electron chi connectivity index (χ2n) is 4.68. The van der Waals surface area contributed by atoms with Gasteiger partial charge in [-0.15, -0.1) is 12.4 Å². The minimum Gasteiger partial charge on any atom is -0.352 e. The van der Waals surface area contributed by atoms with E-state index in [4.69, 9.17) is 0 Å². The van der Waals surface area contributed by atoms with Crippen molar-refractivity contribution < 1.29 is 4.79 Å². The van der Waals surface area contributed by atoms with Gasteiger partial charge in [0, 0.05) is 18.9 Å². The van der Waals surface area contributed by atoms with E-state index in [1.165, 1.54) is 16.7 Å². The standard InChI is InChI=1S/C16H18N2O.ClH/c1-12-5-6-13(2)14(10-12)7-9-18-16(19)15-4-3-8-17-11-15;/h3-6,8,10-11H,7,9H2,1-2H3,(H,18,19);1H. The van der Waals surface area contributed by atoms with Gasteiger partial charge in [-0.25, -0.2) is 0 Å². The molecule has 20 heavy (non-hydrogen) atoms. The second kappa shape index (κ2) is 7.65. The number of hydrogen-bond acceptors (Lipinski definition) is 2. The van der Waals surface area contributed by atoms with Crippen molar-refractivity contribution in [1.29, 1.82) is 0 Å². The van der Waals surface area contributed by atoms with E-state index in [9.17, 15) is 4.79 Å². The van der Waals surface area contributed by atoms with Crippen molar-refractivity contribution in [1.82, 2.24) is 10.3 Å². The Balaban J connectivity index is 0.00000200. The lowest BCUT2D eigenvalue weighted by Gasteiger charge is -2.08. The van der Waals surface area contributed by atoms with E-state index >= 15 is 0 Å². The molecular formula is C16H19ClN2O. The molecule has 1 aromatic carbocycles. The van der Waals surface area contributed by atoms with E-state index in [1.807, 2.05) is 0 Å². The number of benzene rings is 1. The molecule has 0 spiro atoms. The first kappa shape index (κ1) is 16.2. The maximum absolute atomic E-state index is 11.8. The Morgan fingerprint density at radius 1 is 1.25 bits per heavy atom. The zero-order chi connectivity index (χ0) is 13.7. The van der Waals surface area contributed by atoms with Gasteiger partial charge >= 0.3 is 0 Å². The van der Waals surface area contributed by atoms with Crippen LogP contribution in [0.4, 0.5) is 0 Å². The Hall–Kier alpha value is -1.87. The molecule has 1 heterocycles. The van der Waals surface area contributed by atoms with Gasteiger partial charge in [-0.1, -0.05) is 23.8 Å². The van der Waals surface area contributed by atoms with E-state index in [1.54, 1.807) is 24.5 Å². The van der Waals surface area contributed by atoms with Gasteiger partial charge in [0.05, 0.1) is 5.56 Å². The van der Waals surface area contributed by atoms with Gasteiger partial charge in [-0.05, 0) is 43.5 Å².